The van der Waals surface area contributed by atoms with Gasteiger partial charge in [-0.3, -0.25) is 9.59 Å². The first-order valence-electron chi connectivity index (χ1n) is 5.89. The highest BCUT2D eigenvalue weighted by Crippen LogP contribution is 2.37. The van der Waals surface area contributed by atoms with Crippen LogP contribution in [0.1, 0.15) is 31.7 Å². The average molecular weight is 232 g/mol. The Morgan fingerprint density at radius 2 is 1.82 bits per heavy atom. The van der Waals surface area contributed by atoms with Gasteiger partial charge >= 0.3 is 11.9 Å². The van der Waals surface area contributed by atoms with Crippen molar-refractivity contribution in [1.29, 1.82) is 0 Å². The molecule has 1 aromatic carbocycles. The number of carbonyl (C=O) groups excluding carboxylic acids is 2. The Hall–Kier alpha value is -1.64. The second-order valence-electron chi connectivity index (χ2n) is 4.78. The minimum absolute atomic E-state index is 0.0511. The highest BCUT2D eigenvalue weighted by Gasteiger charge is 2.40. The molecular weight excluding hydrogens is 216 g/mol. The third-order valence-corrected chi connectivity index (χ3v) is 3.24. The van der Waals surface area contributed by atoms with Crippen molar-refractivity contribution in [2.24, 2.45) is 11.8 Å². The summed E-state index contributed by atoms with van der Waals surface area (Å²) in [6.07, 6.45) is 0.205. The fourth-order valence-corrected chi connectivity index (χ4v) is 2.52. The van der Waals surface area contributed by atoms with Crippen LogP contribution in [-0.2, 0) is 14.3 Å². The predicted octanol–water partition coefficient (Wildman–Crippen LogP) is 2.52. The van der Waals surface area contributed by atoms with Crippen LogP contribution in [0.5, 0.6) is 0 Å². The van der Waals surface area contributed by atoms with Crippen LogP contribution in [0.3, 0.4) is 0 Å². The van der Waals surface area contributed by atoms with Crippen LogP contribution in [0.4, 0.5) is 0 Å². The summed E-state index contributed by atoms with van der Waals surface area (Å²) in [6.45, 7) is 4.13. The van der Waals surface area contributed by atoms with Gasteiger partial charge in [0.05, 0.1) is 12.3 Å². The van der Waals surface area contributed by atoms with Crippen molar-refractivity contribution in [1.82, 2.24) is 0 Å². The first-order valence-corrected chi connectivity index (χ1v) is 5.89. The Morgan fingerprint density at radius 3 is 2.29 bits per heavy atom. The summed E-state index contributed by atoms with van der Waals surface area (Å²) in [7, 11) is 0. The number of hydrogen-bond acceptors (Lipinski definition) is 3. The molecule has 3 heteroatoms. The van der Waals surface area contributed by atoms with Gasteiger partial charge in [0.25, 0.3) is 0 Å². The largest absolute Gasteiger partial charge is 0.393 e. The van der Waals surface area contributed by atoms with Gasteiger partial charge in [0, 0.05) is 5.92 Å². The normalized spacial score (nSPS) is 21.7. The molecule has 1 fully saturated rings. The predicted molar refractivity (Wildman–Crippen MR) is 63.2 cm³/mol. The number of rotatable bonds is 3. The number of carbonyl (C=O) groups is 2. The van der Waals surface area contributed by atoms with E-state index < -0.39 is 5.97 Å². The lowest BCUT2D eigenvalue weighted by molar-refractivity contribution is -0.153. The summed E-state index contributed by atoms with van der Waals surface area (Å²) in [5, 5.41) is 0. The van der Waals surface area contributed by atoms with Crippen molar-refractivity contribution in [2.75, 3.05) is 0 Å². The molecule has 1 aliphatic rings. The minimum Gasteiger partial charge on any atom is -0.393 e. The molecule has 0 spiro atoms. The maximum Gasteiger partial charge on any atom is 0.317 e. The van der Waals surface area contributed by atoms with Gasteiger partial charge in [-0.1, -0.05) is 44.2 Å². The minimum atomic E-state index is -0.401. The molecule has 2 rings (SSSR count). The van der Waals surface area contributed by atoms with Gasteiger partial charge in [0.15, 0.2) is 0 Å². The molecule has 0 amide bonds. The highest BCUT2D eigenvalue weighted by atomic mass is 16.6. The van der Waals surface area contributed by atoms with Gasteiger partial charge in [-0.15, -0.1) is 0 Å². The molecule has 0 bridgehead atoms. The van der Waals surface area contributed by atoms with E-state index in [0.717, 1.165) is 5.56 Å². The van der Waals surface area contributed by atoms with Crippen molar-refractivity contribution in [3.05, 3.63) is 35.9 Å². The Kier molecular flexibility index (Phi) is 3.27. The summed E-state index contributed by atoms with van der Waals surface area (Å²) >= 11 is 0. The Balaban J connectivity index is 2.30. The van der Waals surface area contributed by atoms with Gasteiger partial charge in [0.2, 0.25) is 0 Å². The van der Waals surface area contributed by atoms with Gasteiger partial charge in [-0.05, 0) is 11.5 Å². The first-order chi connectivity index (χ1) is 8.09. The van der Waals surface area contributed by atoms with Crippen LogP contribution in [0, 0.1) is 11.8 Å². The maximum absolute atomic E-state index is 11.7. The molecular formula is C14H16O3. The topological polar surface area (TPSA) is 43.4 Å². The zero-order chi connectivity index (χ0) is 12.4. The average Bonchev–Trinajstić information content (AvgIpc) is 2.59. The van der Waals surface area contributed by atoms with Crippen LogP contribution < -0.4 is 0 Å². The number of hydrogen-bond donors (Lipinski definition) is 0. The van der Waals surface area contributed by atoms with Gasteiger partial charge in [-0.2, -0.15) is 0 Å². The van der Waals surface area contributed by atoms with Crippen molar-refractivity contribution >= 4 is 11.9 Å². The molecule has 2 atom stereocenters. The lowest BCUT2D eigenvalue weighted by atomic mass is 9.77. The third kappa shape index (κ3) is 2.38. The summed E-state index contributed by atoms with van der Waals surface area (Å²) in [6, 6.07) is 9.85. The zero-order valence-corrected chi connectivity index (χ0v) is 10.1. The molecule has 0 saturated carbocycles. The number of ether oxygens (including phenoxy) is 1. The lowest BCUT2D eigenvalue weighted by Crippen LogP contribution is -2.22. The Labute approximate surface area is 101 Å². The summed E-state index contributed by atoms with van der Waals surface area (Å²) in [5.74, 6) is -0.764. The number of cyclic esters (lactones) is 2. The molecule has 3 nitrogen and oxygen atoms in total. The molecule has 90 valence electrons. The fourth-order valence-electron chi connectivity index (χ4n) is 2.52. The third-order valence-electron chi connectivity index (χ3n) is 3.24. The molecule has 17 heavy (non-hydrogen) atoms. The van der Waals surface area contributed by atoms with Crippen molar-refractivity contribution < 1.29 is 14.3 Å². The van der Waals surface area contributed by atoms with Crippen LogP contribution in [-0.4, -0.2) is 11.9 Å². The standard InChI is InChI=1S/C14H16O3/c1-9(2)13(10-6-4-3-5-7-10)11-8-12(15)17-14(11)16/h3-7,9,11,13H,8H2,1-2H3. The van der Waals surface area contributed by atoms with Crippen LogP contribution >= 0.6 is 0 Å². The molecule has 1 aliphatic heterocycles. The van der Waals surface area contributed by atoms with E-state index in [-0.39, 0.29) is 24.2 Å². The summed E-state index contributed by atoms with van der Waals surface area (Å²) < 4.78 is 4.65. The van der Waals surface area contributed by atoms with Gasteiger partial charge in [0.1, 0.15) is 0 Å². The SMILES string of the molecule is CC(C)C(c1ccccc1)C1CC(=O)OC1=O. The Bertz CT molecular complexity index is 422. The molecule has 0 aromatic heterocycles. The van der Waals surface area contributed by atoms with Crippen LogP contribution in [0.25, 0.3) is 0 Å². The molecule has 1 heterocycles. The first kappa shape index (κ1) is 11.8. The van der Waals surface area contributed by atoms with Crippen molar-refractivity contribution in [2.45, 2.75) is 26.2 Å². The molecule has 0 radical (unpaired) electrons. The van der Waals surface area contributed by atoms with Crippen molar-refractivity contribution in [3.8, 4) is 0 Å². The maximum atomic E-state index is 11.7. The van der Waals surface area contributed by atoms with Gasteiger partial charge < -0.3 is 4.74 Å². The quantitative estimate of drug-likeness (QED) is 0.594. The van der Waals surface area contributed by atoms with Crippen LogP contribution in [0.15, 0.2) is 30.3 Å². The highest BCUT2D eigenvalue weighted by molar-refractivity contribution is 5.95. The van der Waals surface area contributed by atoms with E-state index in [1.54, 1.807) is 0 Å². The summed E-state index contributed by atoms with van der Waals surface area (Å²) in [5.41, 5.74) is 1.10. The van der Waals surface area contributed by atoms with Gasteiger partial charge in [-0.25, -0.2) is 0 Å². The van der Waals surface area contributed by atoms with E-state index in [9.17, 15) is 9.59 Å². The van der Waals surface area contributed by atoms with E-state index in [1.807, 2.05) is 30.3 Å². The second kappa shape index (κ2) is 4.70. The molecule has 1 aromatic rings. The number of benzene rings is 1. The van der Waals surface area contributed by atoms with Crippen LogP contribution in [0.2, 0.25) is 0 Å². The fraction of sp³-hybridized carbons (Fsp3) is 0.429. The lowest BCUT2D eigenvalue weighted by Gasteiger charge is -2.24. The summed E-state index contributed by atoms with van der Waals surface area (Å²) in [4.78, 5) is 22.8. The zero-order valence-electron chi connectivity index (χ0n) is 10.1. The molecule has 0 N–H and O–H groups in total. The van der Waals surface area contributed by atoms with E-state index >= 15 is 0 Å². The molecule has 1 saturated heterocycles. The van der Waals surface area contributed by atoms with E-state index in [4.69, 9.17) is 0 Å². The van der Waals surface area contributed by atoms with E-state index in [2.05, 4.69) is 18.6 Å². The molecule has 2 unspecified atom stereocenters. The van der Waals surface area contributed by atoms with Crippen molar-refractivity contribution in [3.63, 3.8) is 0 Å². The monoisotopic (exact) mass is 232 g/mol. The Morgan fingerprint density at radius 1 is 1.18 bits per heavy atom. The second-order valence-corrected chi connectivity index (χ2v) is 4.78. The van der Waals surface area contributed by atoms with E-state index in [1.165, 1.54) is 0 Å². The smallest absolute Gasteiger partial charge is 0.317 e. The molecule has 0 aliphatic carbocycles. The number of esters is 2. The van der Waals surface area contributed by atoms with E-state index in [0.29, 0.717) is 5.92 Å².